The molecule has 0 radical (unpaired) electrons. The summed E-state index contributed by atoms with van der Waals surface area (Å²) in [7, 11) is 0. The average Bonchev–Trinajstić information content (AvgIpc) is 3.23. The largest absolute Gasteiger partial charge is 0.377 e. The topological polar surface area (TPSA) is 35.2 Å². The quantitative estimate of drug-likeness (QED) is 0.559. The Bertz CT molecular complexity index is 264. The molecule has 2 rings (SSSR count). The minimum Gasteiger partial charge on any atom is -0.377 e. The monoisotopic (exact) mass is 281 g/mol. The maximum atomic E-state index is 6.14. The zero-order valence-corrected chi connectivity index (χ0v) is 13.5. The lowest BCUT2D eigenvalue weighted by Gasteiger charge is -2.33. The Morgan fingerprint density at radius 2 is 1.65 bits per heavy atom. The van der Waals surface area contributed by atoms with Crippen LogP contribution in [0.5, 0.6) is 0 Å². The van der Waals surface area contributed by atoms with E-state index in [2.05, 4.69) is 6.92 Å². The highest BCUT2D eigenvalue weighted by Gasteiger charge is 2.49. The summed E-state index contributed by atoms with van der Waals surface area (Å²) >= 11 is 0. The highest BCUT2D eigenvalue weighted by molar-refractivity contribution is 4.99. The Kier molecular flexibility index (Phi) is 6.83. The summed E-state index contributed by atoms with van der Waals surface area (Å²) in [5.74, 6) is 0.843. The van der Waals surface area contributed by atoms with Crippen molar-refractivity contribution in [3.63, 3.8) is 0 Å². The predicted octanol–water partition coefficient (Wildman–Crippen LogP) is 4.66. The molecule has 2 N–H and O–H groups in total. The molecule has 0 aromatic carbocycles. The van der Waals surface area contributed by atoms with E-state index in [-0.39, 0.29) is 0 Å². The molecule has 0 aromatic rings. The number of nitrogens with two attached hydrogens (primary N) is 1. The standard InChI is InChI=1S/C18H35NO/c1-2-3-4-5-6-7-8-9-12-18(15-19)13-14-20-17(18)16-10-11-16/h16-17H,2-15,19H2,1H3. The van der Waals surface area contributed by atoms with Crippen molar-refractivity contribution < 1.29 is 4.74 Å². The van der Waals surface area contributed by atoms with E-state index in [0.717, 1.165) is 19.1 Å². The Morgan fingerprint density at radius 1 is 1.00 bits per heavy atom. The molecule has 2 heteroatoms. The van der Waals surface area contributed by atoms with Crippen LogP contribution in [-0.4, -0.2) is 19.3 Å². The zero-order chi connectivity index (χ0) is 14.3. The van der Waals surface area contributed by atoms with Gasteiger partial charge in [-0.25, -0.2) is 0 Å². The van der Waals surface area contributed by atoms with Crippen LogP contribution in [0.3, 0.4) is 0 Å². The summed E-state index contributed by atoms with van der Waals surface area (Å²) in [5, 5.41) is 0. The summed E-state index contributed by atoms with van der Waals surface area (Å²) in [6.45, 7) is 4.08. The molecule has 2 aliphatic rings. The third-order valence-electron chi connectivity index (χ3n) is 5.49. The Labute approximate surface area is 125 Å². The van der Waals surface area contributed by atoms with E-state index in [1.165, 1.54) is 77.0 Å². The van der Waals surface area contributed by atoms with Gasteiger partial charge in [0.1, 0.15) is 0 Å². The SMILES string of the molecule is CCCCCCCCCCC1(CN)CCOC1C1CC1. The molecule has 2 fully saturated rings. The molecule has 2 nitrogen and oxygen atoms in total. The Balaban J connectivity index is 1.59. The minimum atomic E-state index is 0.337. The number of hydrogen-bond donors (Lipinski definition) is 1. The molecule has 2 atom stereocenters. The number of unbranched alkanes of at least 4 members (excludes halogenated alkanes) is 7. The first-order chi connectivity index (χ1) is 9.82. The van der Waals surface area contributed by atoms with Crippen molar-refractivity contribution in [1.29, 1.82) is 0 Å². The van der Waals surface area contributed by atoms with Crippen LogP contribution >= 0.6 is 0 Å². The van der Waals surface area contributed by atoms with E-state index in [1.54, 1.807) is 0 Å². The normalized spacial score (nSPS) is 30.0. The maximum Gasteiger partial charge on any atom is 0.0672 e. The second-order valence-electron chi connectivity index (χ2n) is 7.17. The van der Waals surface area contributed by atoms with Gasteiger partial charge in [-0.1, -0.05) is 58.3 Å². The highest BCUT2D eigenvalue weighted by Crippen LogP contribution is 2.49. The van der Waals surface area contributed by atoms with Crippen LogP contribution in [-0.2, 0) is 4.74 Å². The first-order valence-corrected chi connectivity index (χ1v) is 9.14. The van der Waals surface area contributed by atoms with Gasteiger partial charge in [-0.3, -0.25) is 0 Å². The van der Waals surface area contributed by atoms with Crippen LogP contribution in [0, 0.1) is 11.3 Å². The number of rotatable bonds is 11. The minimum absolute atomic E-state index is 0.337. The van der Waals surface area contributed by atoms with Gasteiger partial charge in [0.25, 0.3) is 0 Å². The number of ether oxygens (including phenoxy) is 1. The average molecular weight is 281 g/mol. The van der Waals surface area contributed by atoms with Crippen LogP contribution in [0.15, 0.2) is 0 Å². The van der Waals surface area contributed by atoms with Crippen molar-refractivity contribution >= 4 is 0 Å². The summed E-state index contributed by atoms with van der Waals surface area (Å²) < 4.78 is 6.03. The van der Waals surface area contributed by atoms with E-state index in [4.69, 9.17) is 10.5 Å². The van der Waals surface area contributed by atoms with Crippen LogP contribution < -0.4 is 5.73 Å². The Hall–Kier alpha value is -0.0800. The van der Waals surface area contributed by atoms with Gasteiger partial charge >= 0.3 is 0 Å². The molecule has 0 aromatic heterocycles. The molecule has 1 aliphatic heterocycles. The van der Waals surface area contributed by atoms with E-state index in [1.807, 2.05) is 0 Å². The predicted molar refractivity (Wildman–Crippen MR) is 85.8 cm³/mol. The summed E-state index contributed by atoms with van der Waals surface area (Å²) in [4.78, 5) is 0. The van der Waals surface area contributed by atoms with Crippen LogP contribution in [0.25, 0.3) is 0 Å². The zero-order valence-electron chi connectivity index (χ0n) is 13.5. The summed E-state index contributed by atoms with van der Waals surface area (Å²) in [6.07, 6.45) is 17.0. The van der Waals surface area contributed by atoms with Crippen molar-refractivity contribution in [3.8, 4) is 0 Å². The molecule has 0 bridgehead atoms. The van der Waals surface area contributed by atoms with Crippen LogP contribution in [0.2, 0.25) is 0 Å². The lowest BCUT2D eigenvalue weighted by Crippen LogP contribution is -2.39. The van der Waals surface area contributed by atoms with Gasteiger partial charge in [-0.05, 0) is 31.6 Å². The lowest BCUT2D eigenvalue weighted by atomic mass is 9.75. The molecule has 20 heavy (non-hydrogen) atoms. The van der Waals surface area contributed by atoms with Gasteiger partial charge < -0.3 is 10.5 Å². The molecule has 1 saturated heterocycles. The van der Waals surface area contributed by atoms with Crippen LogP contribution in [0.1, 0.15) is 84.0 Å². The molecule has 118 valence electrons. The van der Waals surface area contributed by atoms with E-state index < -0.39 is 0 Å². The molecule has 0 spiro atoms. The second kappa shape index (κ2) is 8.38. The van der Waals surface area contributed by atoms with E-state index in [9.17, 15) is 0 Å². The van der Waals surface area contributed by atoms with E-state index in [0.29, 0.717) is 11.5 Å². The summed E-state index contributed by atoms with van der Waals surface area (Å²) in [6, 6.07) is 0. The maximum absolute atomic E-state index is 6.14. The van der Waals surface area contributed by atoms with Gasteiger partial charge in [0, 0.05) is 18.6 Å². The third-order valence-corrected chi connectivity index (χ3v) is 5.49. The van der Waals surface area contributed by atoms with E-state index >= 15 is 0 Å². The van der Waals surface area contributed by atoms with Crippen molar-refractivity contribution in [2.75, 3.05) is 13.2 Å². The summed E-state index contributed by atoms with van der Waals surface area (Å²) in [5.41, 5.74) is 6.48. The van der Waals surface area contributed by atoms with Crippen molar-refractivity contribution in [3.05, 3.63) is 0 Å². The molecule has 1 aliphatic carbocycles. The fourth-order valence-corrected chi connectivity index (χ4v) is 3.94. The van der Waals surface area contributed by atoms with Crippen molar-refractivity contribution in [2.24, 2.45) is 17.1 Å². The first kappa shape index (κ1) is 16.3. The van der Waals surface area contributed by atoms with Gasteiger partial charge in [0.2, 0.25) is 0 Å². The molecule has 0 amide bonds. The third kappa shape index (κ3) is 4.46. The van der Waals surface area contributed by atoms with Crippen molar-refractivity contribution in [2.45, 2.75) is 90.1 Å². The highest BCUT2D eigenvalue weighted by atomic mass is 16.5. The molecule has 2 unspecified atom stereocenters. The molecular formula is C18H35NO. The molecule has 1 heterocycles. The van der Waals surface area contributed by atoms with Gasteiger partial charge in [0.15, 0.2) is 0 Å². The smallest absolute Gasteiger partial charge is 0.0672 e. The second-order valence-corrected chi connectivity index (χ2v) is 7.17. The fraction of sp³-hybridized carbons (Fsp3) is 1.00. The first-order valence-electron chi connectivity index (χ1n) is 9.14. The van der Waals surface area contributed by atoms with Gasteiger partial charge in [0.05, 0.1) is 6.10 Å². The Morgan fingerprint density at radius 3 is 2.25 bits per heavy atom. The lowest BCUT2D eigenvalue weighted by molar-refractivity contribution is 0.0293. The van der Waals surface area contributed by atoms with Gasteiger partial charge in [-0.2, -0.15) is 0 Å². The van der Waals surface area contributed by atoms with Crippen molar-refractivity contribution in [1.82, 2.24) is 0 Å². The number of hydrogen-bond acceptors (Lipinski definition) is 2. The molecular weight excluding hydrogens is 246 g/mol. The molecule has 1 saturated carbocycles. The van der Waals surface area contributed by atoms with Gasteiger partial charge in [-0.15, -0.1) is 0 Å². The fourth-order valence-electron chi connectivity index (χ4n) is 3.94. The van der Waals surface area contributed by atoms with Crippen LogP contribution in [0.4, 0.5) is 0 Å².